The Kier molecular flexibility index (Phi) is 1.56. The third kappa shape index (κ3) is 0.761. The molecule has 1 N–H and O–H groups in total. The number of ether oxygens (including phenoxy) is 1. The summed E-state index contributed by atoms with van der Waals surface area (Å²) in [7, 11) is 0. The summed E-state index contributed by atoms with van der Waals surface area (Å²) in [5.41, 5.74) is 0.00148. The van der Waals surface area contributed by atoms with Crippen LogP contribution < -0.4 is 0 Å². The second-order valence-electron chi connectivity index (χ2n) is 5.06. The average molecular weight is 196 g/mol. The summed E-state index contributed by atoms with van der Waals surface area (Å²) < 4.78 is 5.13. The zero-order valence-electron chi connectivity index (χ0n) is 8.40. The molecular weight excluding hydrogens is 180 g/mol. The number of aliphatic hydroxyl groups is 1. The first-order valence-corrected chi connectivity index (χ1v) is 5.54. The second kappa shape index (κ2) is 2.51. The number of hydrogen-bond donors (Lipinski definition) is 1. The third-order valence-electron chi connectivity index (χ3n) is 4.85. The van der Waals surface area contributed by atoms with Crippen LogP contribution in [-0.4, -0.2) is 23.8 Å². The monoisotopic (exact) mass is 196 g/mol. The molecule has 0 aromatic rings. The van der Waals surface area contributed by atoms with Crippen molar-refractivity contribution >= 4 is 5.97 Å². The number of rotatable bonds is 1. The van der Waals surface area contributed by atoms with E-state index in [9.17, 15) is 9.90 Å². The van der Waals surface area contributed by atoms with Gasteiger partial charge in [0.2, 0.25) is 0 Å². The van der Waals surface area contributed by atoms with E-state index in [1.807, 2.05) is 0 Å². The highest BCUT2D eigenvalue weighted by atomic mass is 16.5. The van der Waals surface area contributed by atoms with Gasteiger partial charge in [-0.1, -0.05) is 6.92 Å². The minimum atomic E-state index is -0.201. The fraction of sp³-hybridized carbons (Fsp3) is 0.909. The van der Waals surface area contributed by atoms with E-state index in [-0.39, 0.29) is 23.4 Å². The summed E-state index contributed by atoms with van der Waals surface area (Å²) in [6.45, 7) is 2.67. The van der Waals surface area contributed by atoms with E-state index in [0.29, 0.717) is 18.4 Å². The van der Waals surface area contributed by atoms with Gasteiger partial charge in [0.25, 0.3) is 0 Å². The highest BCUT2D eigenvalue weighted by Gasteiger charge is 2.66. The minimum Gasteiger partial charge on any atom is -0.465 e. The molecule has 3 nitrogen and oxygen atoms in total. The summed E-state index contributed by atoms with van der Waals surface area (Å²) in [6, 6.07) is 0. The van der Waals surface area contributed by atoms with Crippen LogP contribution in [0.5, 0.6) is 0 Å². The highest BCUT2D eigenvalue weighted by Crippen LogP contribution is 2.64. The normalized spacial score (nSPS) is 54.9. The van der Waals surface area contributed by atoms with Crippen LogP contribution in [0.4, 0.5) is 0 Å². The number of cyclic esters (lactones) is 1. The Balaban J connectivity index is 2.01. The number of esters is 1. The summed E-state index contributed by atoms with van der Waals surface area (Å²) in [5.74, 6) is 0.791. The van der Waals surface area contributed by atoms with Crippen molar-refractivity contribution < 1.29 is 14.6 Å². The maximum atomic E-state index is 11.5. The standard InChI is InChI=1S/C11H16O3/c1-2-11-4-6(3-8(11)12)9-7(11)5-14-10(9)13/h6-9,12H,2-5H2,1H3. The molecular formula is C11H16O3. The van der Waals surface area contributed by atoms with Crippen LogP contribution in [-0.2, 0) is 9.53 Å². The molecule has 2 aliphatic carbocycles. The Morgan fingerprint density at radius 1 is 1.64 bits per heavy atom. The Labute approximate surface area is 83.4 Å². The van der Waals surface area contributed by atoms with Crippen molar-refractivity contribution in [3.63, 3.8) is 0 Å². The van der Waals surface area contributed by atoms with Crippen molar-refractivity contribution in [2.24, 2.45) is 23.2 Å². The molecule has 1 saturated heterocycles. The number of fused-ring (bicyclic) bond motifs is 5. The molecule has 3 heteroatoms. The van der Waals surface area contributed by atoms with Gasteiger partial charge >= 0.3 is 5.97 Å². The van der Waals surface area contributed by atoms with Crippen molar-refractivity contribution in [1.29, 1.82) is 0 Å². The predicted molar refractivity (Wildman–Crippen MR) is 49.4 cm³/mol. The van der Waals surface area contributed by atoms with Crippen molar-refractivity contribution in [2.75, 3.05) is 6.61 Å². The highest BCUT2D eigenvalue weighted by molar-refractivity contribution is 5.76. The fourth-order valence-corrected chi connectivity index (χ4v) is 4.12. The van der Waals surface area contributed by atoms with Crippen molar-refractivity contribution in [3.05, 3.63) is 0 Å². The van der Waals surface area contributed by atoms with Gasteiger partial charge in [0.05, 0.1) is 18.6 Å². The molecule has 2 saturated carbocycles. The first kappa shape index (κ1) is 8.72. The fourth-order valence-electron chi connectivity index (χ4n) is 4.12. The lowest BCUT2D eigenvalue weighted by molar-refractivity contribution is -0.142. The largest absolute Gasteiger partial charge is 0.465 e. The van der Waals surface area contributed by atoms with Gasteiger partial charge < -0.3 is 9.84 Å². The van der Waals surface area contributed by atoms with Crippen LogP contribution in [0.15, 0.2) is 0 Å². The smallest absolute Gasteiger partial charge is 0.309 e. The summed E-state index contributed by atoms with van der Waals surface area (Å²) in [4.78, 5) is 11.5. The topological polar surface area (TPSA) is 46.5 Å². The van der Waals surface area contributed by atoms with E-state index in [2.05, 4.69) is 6.92 Å². The van der Waals surface area contributed by atoms with E-state index in [0.717, 1.165) is 19.3 Å². The van der Waals surface area contributed by atoms with Crippen molar-refractivity contribution in [1.82, 2.24) is 0 Å². The molecule has 3 fully saturated rings. The molecule has 0 amide bonds. The van der Waals surface area contributed by atoms with Gasteiger partial charge in [0, 0.05) is 11.3 Å². The van der Waals surface area contributed by atoms with E-state index in [4.69, 9.17) is 4.74 Å². The minimum absolute atomic E-state index is 0.00148. The van der Waals surface area contributed by atoms with Crippen LogP contribution in [0.3, 0.4) is 0 Å². The molecule has 2 bridgehead atoms. The van der Waals surface area contributed by atoms with E-state index in [1.54, 1.807) is 0 Å². The lowest BCUT2D eigenvalue weighted by atomic mass is 9.68. The predicted octanol–water partition coefficient (Wildman–Crippen LogP) is 0.956. The van der Waals surface area contributed by atoms with E-state index in [1.165, 1.54) is 0 Å². The number of carbonyl (C=O) groups excluding carboxylic acids is 1. The summed E-state index contributed by atoms with van der Waals surface area (Å²) in [5, 5.41) is 10.0. The van der Waals surface area contributed by atoms with Crippen LogP contribution >= 0.6 is 0 Å². The Morgan fingerprint density at radius 2 is 2.43 bits per heavy atom. The molecule has 3 rings (SSSR count). The zero-order chi connectivity index (χ0) is 9.92. The molecule has 1 heterocycles. The molecule has 0 radical (unpaired) electrons. The van der Waals surface area contributed by atoms with Crippen LogP contribution in [0.2, 0.25) is 0 Å². The van der Waals surface area contributed by atoms with Gasteiger partial charge in [-0.2, -0.15) is 0 Å². The van der Waals surface area contributed by atoms with Gasteiger partial charge in [0.1, 0.15) is 0 Å². The molecule has 0 aromatic carbocycles. The zero-order valence-corrected chi connectivity index (χ0v) is 8.40. The number of carbonyl (C=O) groups is 1. The maximum absolute atomic E-state index is 11.5. The second-order valence-corrected chi connectivity index (χ2v) is 5.06. The summed E-state index contributed by atoms with van der Waals surface area (Å²) in [6.07, 6.45) is 2.62. The molecule has 5 unspecified atom stereocenters. The van der Waals surface area contributed by atoms with E-state index >= 15 is 0 Å². The van der Waals surface area contributed by atoms with Gasteiger partial charge in [-0.25, -0.2) is 0 Å². The number of hydrogen-bond acceptors (Lipinski definition) is 3. The molecule has 5 atom stereocenters. The number of aliphatic hydroxyl groups excluding tert-OH is 1. The SMILES string of the molecule is CCC12CC(CC1O)C1C(=O)OCC12. The Hall–Kier alpha value is -0.570. The average Bonchev–Trinajstić information content (AvgIpc) is 2.76. The Morgan fingerprint density at radius 3 is 3.14 bits per heavy atom. The van der Waals surface area contributed by atoms with Crippen LogP contribution in [0.1, 0.15) is 26.2 Å². The van der Waals surface area contributed by atoms with E-state index < -0.39 is 0 Å². The maximum Gasteiger partial charge on any atom is 0.309 e. The first-order chi connectivity index (χ1) is 6.69. The van der Waals surface area contributed by atoms with Gasteiger partial charge in [-0.15, -0.1) is 0 Å². The quantitative estimate of drug-likeness (QED) is 0.635. The van der Waals surface area contributed by atoms with Crippen LogP contribution in [0, 0.1) is 23.2 Å². The van der Waals surface area contributed by atoms with Crippen LogP contribution in [0.25, 0.3) is 0 Å². The molecule has 1 aliphatic heterocycles. The van der Waals surface area contributed by atoms with Gasteiger partial charge in [0.15, 0.2) is 0 Å². The molecule has 0 aromatic heterocycles. The molecule has 0 spiro atoms. The molecule has 78 valence electrons. The molecule has 14 heavy (non-hydrogen) atoms. The van der Waals surface area contributed by atoms with Crippen molar-refractivity contribution in [2.45, 2.75) is 32.3 Å². The van der Waals surface area contributed by atoms with Gasteiger partial charge in [-0.05, 0) is 25.2 Å². The first-order valence-electron chi connectivity index (χ1n) is 5.54. The lowest BCUT2D eigenvalue weighted by Crippen LogP contribution is -2.41. The summed E-state index contributed by atoms with van der Waals surface area (Å²) >= 11 is 0. The molecule has 3 aliphatic rings. The lowest BCUT2D eigenvalue weighted by Gasteiger charge is -2.36. The third-order valence-corrected chi connectivity index (χ3v) is 4.85. The Bertz CT molecular complexity index is 288. The van der Waals surface area contributed by atoms with Gasteiger partial charge in [-0.3, -0.25) is 4.79 Å². The van der Waals surface area contributed by atoms with Crippen molar-refractivity contribution in [3.8, 4) is 0 Å².